The smallest absolute Gasteiger partial charge is 0.293 e. The molecule has 0 saturated heterocycles. The highest BCUT2D eigenvalue weighted by Gasteiger charge is 2.39. The molecule has 0 bridgehead atoms. The Hall–Kier alpha value is -0.310. The van der Waals surface area contributed by atoms with Gasteiger partial charge in [0.05, 0.1) is 0 Å². The first-order valence-electron chi connectivity index (χ1n) is 3.22. The molecule has 3 N–H and O–H groups in total. The van der Waals surface area contributed by atoms with E-state index in [2.05, 4.69) is 0 Å². The van der Waals surface area contributed by atoms with E-state index in [1.165, 1.54) is 0 Å². The molecule has 0 aromatic carbocycles. The lowest BCUT2D eigenvalue weighted by Gasteiger charge is -2.34. The van der Waals surface area contributed by atoms with Crippen LogP contribution in [0.25, 0.3) is 0 Å². The van der Waals surface area contributed by atoms with Crippen LogP contribution in [0.1, 0.15) is 0 Å². The van der Waals surface area contributed by atoms with E-state index in [1.54, 1.807) is 31.4 Å². The van der Waals surface area contributed by atoms with Gasteiger partial charge in [-0.3, -0.25) is 4.79 Å². The molecule has 0 heterocycles. The fourth-order valence-electron chi connectivity index (χ4n) is 0.276. The fraction of sp³-hybridized carbons (Fsp3) is 0.667. The molecular weight excluding hydrogens is 125 g/mol. The van der Waals surface area contributed by atoms with E-state index in [-0.39, 0.29) is 0 Å². The van der Waals surface area contributed by atoms with Crippen molar-refractivity contribution in [3.05, 3.63) is 0 Å². The van der Waals surface area contributed by atoms with Crippen molar-refractivity contribution in [3.8, 4) is 0 Å². The SMILES string of the molecule is BC(B)(N)C(B)(B)C(=O)O. The van der Waals surface area contributed by atoms with Crippen LogP contribution in [0.2, 0.25) is 5.21 Å². The van der Waals surface area contributed by atoms with Crippen molar-refractivity contribution in [2.45, 2.75) is 10.6 Å². The summed E-state index contributed by atoms with van der Waals surface area (Å²) in [7, 11) is 6.66. The van der Waals surface area contributed by atoms with Crippen LogP contribution in [-0.4, -0.2) is 47.8 Å². The summed E-state index contributed by atoms with van der Waals surface area (Å²) in [5.41, 5.74) is 5.63. The molecule has 0 aliphatic rings. The molecule has 0 radical (unpaired) electrons. The molecule has 3 nitrogen and oxygen atoms in total. The van der Waals surface area contributed by atoms with E-state index in [0.29, 0.717) is 0 Å². The lowest BCUT2D eigenvalue weighted by molar-refractivity contribution is -0.138. The number of carboxylic acids is 1. The van der Waals surface area contributed by atoms with Gasteiger partial charge < -0.3 is 10.8 Å². The third-order valence-corrected chi connectivity index (χ3v) is 2.15. The van der Waals surface area contributed by atoms with Crippen LogP contribution in [0.15, 0.2) is 0 Å². The molecule has 0 unspecified atom stereocenters. The Labute approximate surface area is 64.4 Å². The predicted octanol–water partition coefficient (Wildman–Crippen LogP) is -4.67. The lowest BCUT2D eigenvalue weighted by atomic mass is 9.34. The topological polar surface area (TPSA) is 63.3 Å². The first-order valence-corrected chi connectivity index (χ1v) is 3.22. The third kappa shape index (κ3) is 1.59. The van der Waals surface area contributed by atoms with Crippen LogP contribution in [0, 0.1) is 0 Å². The van der Waals surface area contributed by atoms with Crippen molar-refractivity contribution >= 4 is 37.4 Å². The Morgan fingerprint density at radius 2 is 1.60 bits per heavy atom. The zero-order chi connectivity index (χ0) is 8.58. The van der Waals surface area contributed by atoms with Crippen LogP contribution in [0.5, 0.6) is 0 Å². The maximum Gasteiger partial charge on any atom is 0.293 e. The molecule has 0 spiro atoms. The van der Waals surface area contributed by atoms with E-state index in [4.69, 9.17) is 10.8 Å². The monoisotopic (exact) mass is 137 g/mol. The molecule has 0 aromatic rings. The molecule has 0 amide bonds. The number of carboxylic acid groups (broad SMARTS) is 1. The molecule has 52 valence electrons. The number of carbonyl (C=O) groups is 1. The fourth-order valence-corrected chi connectivity index (χ4v) is 0.276. The molecular formula is C3H11B4NO2. The minimum absolute atomic E-state index is 0.682. The van der Waals surface area contributed by atoms with Crippen molar-refractivity contribution in [1.82, 2.24) is 0 Å². The molecule has 0 saturated carbocycles. The quantitative estimate of drug-likeness (QED) is 0.375. The standard InChI is InChI=1S/C3H11B4NO2/c4-2(5,1(9)10)3(6,7)8/h4-8H2,(H,9,10). The lowest BCUT2D eigenvalue weighted by Crippen LogP contribution is -2.56. The summed E-state index contributed by atoms with van der Waals surface area (Å²) < 4.78 is 0. The van der Waals surface area contributed by atoms with Crippen LogP contribution < -0.4 is 5.73 Å². The molecule has 10 heavy (non-hydrogen) atoms. The summed E-state index contributed by atoms with van der Waals surface area (Å²) in [6, 6.07) is 0. The van der Waals surface area contributed by atoms with Gasteiger partial charge in [-0.2, -0.15) is 0 Å². The first-order chi connectivity index (χ1) is 4.19. The molecule has 0 aromatic heterocycles. The zero-order valence-corrected chi connectivity index (χ0v) is 6.93. The van der Waals surface area contributed by atoms with E-state index < -0.39 is 16.5 Å². The molecule has 7 heteroatoms. The predicted molar refractivity (Wildman–Crippen MR) is 51.4 cm³/mol. The van der Waals surface area contributed by atoms with Gasteiger partial charge in [0, 0.05) is 5.21 Å². The average Bonchev–Trinajstić information content (AvgIpc) is 1.62. The molecule has 0 aliphatic heterocycles. The second kappa shape index (κ2) is 2.38. The van der Waals surface area contributed by atoms with Gasteiger partial charge in [-0.15, -0.1) is 0 Å². The summed E-state index contributed by atoms with van der Waals surface area (Å²) in [4.78, 5) is 10.6. The van der Waals surface area contributed by atoms with Crippen LogP contribution in [0.3, 0.4) is 0 Å². The Balaban J connectivity index is 4.57. The van der Waals surface area contributed by atoms with Gasteiger partial charge in [-0.1, -0.05) is 0 Å². The summed E-state index contributed by atoms with van der Waals surface area (Å²) in [6.07, 6.45) is 0. The minimum Gasteiger partial charge on any atom is -0.482 e. The second-order valence-corrected chi connectivity index (χ2v) is 3.65. The first kappa shape index (κ1) is 9.69. The van der Waals surface area contributed by atoms with E-state index >= 15 is 0 Å². The second-order valence-electron chi connectivity index (χ2n) is 3.65. The van der Waals surface area contributed by atoms with Gasteiger partial charge in [-0.25, -0.2) is 0 Å². The van der Waals surface area contributed by atoms with Gasteiger partial charge in [0.2, 0.25) is 0 Å². The molecule has 0 atom stereocenters. The Bertz CT molecular complexity index is 151. The van der Waals surface area contributed by atoms with E-state index in [9.17, 15) is 4.79 Å². The van der Waals surface area contributed by atoms with Crippen molar-refractivity contribution in [3.63, 3.8) is 0 Å². The van der Waals surface area contributed by atoms with Gasteiger partial charge in [-0.05, 0) is 5.34 Å². The molecule has 0 rings (SSSR count). The third-order valence-electron chi connectivity index (χ3n) is 2.15. The normalized spacial score (nSPS) is 12.9. The highest BCUT2D eigenvalue weighted by molar-refractivity contribution is 6.60. The minimum atomic E-state index is -0.868. The highest BCUT2D eigenvalue weighted by atomic mass is 16.4. The van der Waals surface area contributed by atoms with Crippen LogP contribution >= 0.6 is 0 Å². The average molecular weight is 136 g/mol. The Morgan fingerprint density at radius 3 is 1.60 bits per heavy atom. The number of nitrogens with two attached hydrogens (primary N) is 1. The van der Waals surface area contributed by atoms with Crippen LogP contribution in [0.4, 0.5) is 0 Å². The maximum absolute atomic E-state index is 10.6. The van der Waals surface area contributed by atoms with E-state index in [1.807, 2.05) is 0 Å². The summed E-state index contributed by atoms with van der Waals surface area (Å²) in [6.45, 7) is 0. The number of hydrogen-bond donors (Lipinski definition) is 2. The van der Waals surface area contributed by atoms with Crippen LogP contribution in [-0.2, 0) is 4.79 Å². The molecule has 0 fully saturated rings. The Morgan fingerprint density at radius 1 is 1.30 bits per heavy atom. The van der Waals surface area contributed by atoms with Gasteiger partial charge in [0.25, 0.3) is 5.97 Å². The van der Waals surface area contributed by atoms with Crippen molar-refractivity contribution in [2.75, 3.05) is 0 Å². The van der Waals surface area contributed by atoms with Crippen molar-refractivity contribution in [1.29, 1.82) is 0 Å². The van der Waals surface area contributed by atoms with Crippen molar-refractivity contribution < 1.29 is 9.90 Å². The van der Waals surface area contributed by atoms with Gasteiger partial charge >= 0.3 is 0 Å². The van der Waals surface area contributed by atoms with Gasteiger partial charge in [0.15, 0.2) is 0 Å². The highest BCUT2D eigenvalue weighted by Crippen LogP contribution is 2.24. The van der Waals surface area contributed by atoms with Gasteiger partial charge in [0.1, 0.15) is 31.4 Å². The number of rotatable bonds is 2. The largest absolute Gasteiger partial charge is 0.482 e. The zero-order valence-electron chi connectivity index (χ0n) is 6.93. The summed E-state index contributed by atoms with van der Waals surface area (Å²) in [5, 5.41) is 7.15. The Kier molecular flexibility index (Phi) is 2.31. The van der Waals surface area contributed by atoms with Crippen molar-refractivity contribution in [2.24, 2.45) is 5.73 Å². The number of hydrogen-bond acceptors (Lipinski definition) is 2. The maximum atomic E-state index is 10.6. The molecule has 0 aliphatic carbocycles. The number of aliphatic carboxylic acids is 1. The van der Waals surface area contributed by atoms with E-state index in [0.717, 1.165) is 0 Å². The summed E-state index contributed by atoms with van der Waals surface area (Å²) in [5.74, 6) is -0.861. The summed E-state index contributed by atoms with van der Waals surface area (Å²) >= 11 is 0.